The van der Waals surface area contributed by atoms with Gasteiger partial charge in [0.05, 0.1) is 10.9 Å². The summed E-state index contributed by atoms with van der Waals surface area (Å²) in [5.41, 5.74) is 0.685. The van der Waals surface area contributed by atoms with Crippen LogP contribution >= 0.6 is 23.4 Å². The molecule has 0 saturated carbocycles. The van der Waals surface area contributed by atoms with Crippen LogP contribution in [0.2, 0.25) is 5.02 Å². The van der Waals surface area contributed by atoms with E-state index in [1.807, 2.05) is 6.07 Å². The van der Waals surface area contributed by atoms with Gasteiger partial charge in [-0.25, -0.2) is 0 Å². The summed E-state index contributed by atoms with van der Waals surface area (Å²) in [6.07, 6.45) is 0.626. The second kappa shape index (κ2) is 6.97. The minimum atomic E-state index is -0.446. The molecule has 7 heteroatoms. The van der Waals surface area contributed by atoms with Crippen molar-refractivity contribution in [1.82, 2.24) is 5.32 Å². The molecule has 1 heterocycles. The van der Waals surface area contributed by atoms with Crippen LogP contribution in [0.3, 0.4) is 0 Å². The van der Waals surface area contributed by atoms with Crippen molar-refractivity contribution in [2.24, 2.45) is 0 Å². The number of nitrogens with one attached hydrogen (secondary N) is 2. The molecule has 20 heavy (non-hydrogen) atoms. The van der Waals surface area contributed by atoms with Gasteiger partial charge in [0.1, 0.15) is 0 Å². The van der Waals surface area contributed by atoms with Crippen molar-refractivity contribution in [2.45, 2.75) is 23.0 Å². The Hall–Kier alpha value is -1.24. The molecule has 0 radical (unpaired) electrons. The zero-order chi connectivity index (χ0) is 14.5. The summed E-state index contributed by atoms with van der Waals surface area (Å²) in [5, 5.41) is 14.2. The van der Waals surface area contributed by atoms with Gasteiger partial charge in [-0.1, -0.05) is 11.6 Å². The predicted molar refractivity (Wildman–Crippen MR) is 79.1 cm³/mol. The summed E-state index contributed by atoms with van der Waals surface area (Å²) in [5.74, 6) is -0.384. The number of aliphatic hydroxyl groups is 1. The molecule has 5 nitrogen and oxygen atoms in total. The van der Waals surface area contributed by atoms with Crippen molar-refractivity contribution in [2.75, 3.05) is 18.5 Å². The Kier molecular flexibility index (Phi) is 5.28. The molecule has 0 aromatic heterocycles. The van der Waals surface area contributed by atoms with Crippen LogP contribution in [0.1, 0.15) is 12.8 Å². The van der Waals surface area contributed by atoms with Gasteiger partial charge in [-0.2, -0.15) is 0 Å². The molecule has 1 aromatic rings. The molecule has 0 spiro atoms. The van der Waals surface area contributed by atoms with E-state index in [9.17, 15) is 9.59 Å². The highest BCUT2D eigenvalue weighted by Crippen LogP contribution is 2.38. The van der Waals surface area contributed by atoms with Gasteiger partial charge in [0, 0.05) is 29.5 Å². The van der Waals surface area contributed by atoms with E-state index in [2.05, 4.69) is 10.6 Å². The van der Waals surface area contributed by atoms with E-state index in [-0.39, 0.29) is 24.8 Å². The zero-order valence-corrected chi connectivity index (χ0v) is 12.3. The standard InChI is InChI=1S/C13H15ClN2O3S/c14-8-2-3-10-9(6-8)16-13(19)11(20-10)7-12(18)15-4-1-5-17/h2-3,6,11,17H,1,4-5,7H2,(H,15,18)(H,16,19). The first-order chi connectivity index (χ1) is 9.60. The Labute approximate surface area is 126 Å². The number of halogens is 1. The summed E-state index contributed by atoms with van der Waals surface area (Å²) >= 11 is 7.23. The molecule has 108 valence electrons. The first-order valence-electron chi connectivity index (χ1n) is 6.25. The first-order valence-corrected chi connectivity index (χ1v) is 7.50. The number of aliphatic hydroxyl groups excluding tert-OH is 1. The molecule has 1 aromatic carbocycles. The molecule has 1 unspecified atom stereocenters. The summed E-state index contributed by atoms with van der Waals surface area (Å²) in [7, 11) is 0. The fourth-order valence-electron chi connectivity index (χ4n) is 1.80. The Balaban J connectivity index is 1.95. The average molecular weight is 315 g/mol. The van der Waals surface area contributed by atoms with E-state index < -0.39 is 5.25 Å². The number of amides is 2. The van der Waals surface area contributed by atoms with Gasteiger partial charge in [-0.15, -0.1) is 11.8 Å². The third kappa shape index (κ3) is 3.88. The van der Waals surface area contributed by atoms with Crippen molar-refractivity contribution >= 4 is 40.9 Å². The van der Waals surface area contributed by atoms with Gasteiger partial charge in [-0.3, -0.25) is 9.59 Å². The molecule has 3 N–H and O–H groups in total. The van der Waals surface area contributed by atoms with Crippen molar-refractivity contribution in [3.63, 3.8) is 0 Å². The highest BCUT2D eigenvalue weighted by atomic mass is 35.5. The number of carbonyl (C=O) groups excluding carboxylic acids is 2. The minimum absolute atomic E-state index is 0.0348. The summed E-state index contributed by atoms with van der Waals surface area (Å²) in [4.78, 5) is 24.5. The molecule has 0 fully saturated rings. The smallest absolute Gasteiger partial charge is 0.238 e. The molecular weight excluding hydrogens is 300 g/mol. The molecule has 0 saturated heterocycles. The van der Waals surface area contributed by atoms with Gasteiger partial charge in [0.2, 0.25) is 11.8 Å². The zero-order valence-electron chi connectivity index (χ0n) is 10.7. The second-order valence-electron chi connectivity index (χ2n) is 4.37. The van der Waals surface area contributed by atoms with Crippen molar-refractivity contribution in [3.8, 4) is 0 Å². The van der Waals surface area contributed by atoms with Crippen molar-refractivity contribution < 1.29 is 14.7 Å². The number of carbonyl (C=O) groups is 2. The largest absolute Gasteiger partial charge is 0.396 e. The third-order valence-electron chi connectivity index (χ3n) is 2.79. The molecule has 1 aliphatic rings. The van der Waals surface area contributed by atoms with Gasteiger partial charge >= 0.3 is 0 Å². The maximum Gasteiger partial charge on any atom is 0.238 e. The lowest BCUT2D eigenvalue weighted by molar-refractivity contribution is -0.124. The van der Waals surface area contributed by atoms with Crippen LogP contribution in [0.15, 0.2) is 23.1 Å². The van der Waals surface area contributed by atoms with E-state index in [1.54, 1.807) is 12.1 Å². The van der Waals surface area contributed by atoms with E-state index in [0.29, 0.717) is 23.7 Å². The number of hydrogen-bond acceptors (Lipinski definition) is 4. The van der Waals surface area contributed by atoms with E-state index in [0.717, 1.165) is 4.90 Å². The van der Waals surface area contributed by atoms with E-state index in [4.69, 9.17) is 16.7 Å². The molecule has 2 rings (SSSR count). The van der Waals surface area contributed by atoms with Crippen molar-refractivity contribution in [1.29, 1.82) is 0 Å². The Morgan fingerprint density at radius 3 is 3.05 bits per heavy atom. The van der Waals surface area contributed by atoms with Gasteiger partial charge in [-0.05, 0) is 24.6 Å². The quantitative estimate of drug-likeness (QED) is 0.722. The van der Waals surface area contributed by atoms with Gasteiger partial charge in [0.25, 0.3) is 0 Å². The second-order valence-corrected chi connectivity index (χ2v) is 6.05. The Bertz CT molecular complexity index is 524. The lowest BCUT2D eigenvalue weighted by atomic mass is 10.2. The highest BCUT2D eigenvalue weighted by molar-refractivity contribution is 8.01. The first kappa shape index (κ1) is 15.2. The minimum Gasteiger partial charge on any atom is -0.396 e. The Morgan fingerprint density at radius 2 is 2.30 bits per heavy atom. The number of anilines is 1. The molecule has 0 aliphatic carbocycles. The summed E-state index contributed by atoms with van der Waals surface area (Å²) < 4.78 is 0. The van der Waals surface area contributed by atoms with Crippen LogP contribution in [-0.2, 0) is 9.59 Å². The van der Waals surface area contributed by atoms with Crippen LogP contribution in [0.5, 0.6) is 0 Å². The molecule has 0 bridgehead atoms. The monoisotopic (exact) mass is 314 g/mol. The lowest BCUT2D eigenvalue weighted by Gasteiger charge is -2.23. The topological polar surface area (TPSA) is 78.4 Å². The molecular formula is C13H15ClN2O3S. The predicted octanol–water partition coefficient (Wildman–Crippen LogP) is 1.64. The average Bonchev–Trinajstić information content (AvgIpc) is 2.40. The fraction of sp³-hybridized carbons (Fsp3) is 0.385. The Morgan fingerprint density at radius 1 is 1.50 bits per heavy atom. The van der Waals surface area contributed by atoms with Crippen LogP contribution in [0.4, 0.5) is 5.69 Å². The normalized spacial score (nSPS) is 17.3. The highest BCUT2D eigenvalue weighted by Gasteiger charge is 2.28. The number of hydrogen-bond donors (Lipinski definition) is 3. The van der Waals surface area contributed by atoms with Crippen LogP contribution in [0, 0.1) is 0 Å². The number of thioether (sulfide) groups is 1. The summed E-state index contributed by atoms with van der Waals surface area (Å²) in [6.45, 7) is 0.452. The van der Waals surface area contributed by atoms with E-state index in [1.165, 1.54) is 11.8 Å². The fourth-order valence-corrected chi connectivity index (χ4v) is 3.07. The van der Waals surface area contributed by atoms with Gasteiger partial charge in [0.15, 0.2) is 0 Å². The molecule has 1 atom stereocenters. The third-order valence-corrected chi connectivity index (χ3v) is 4.30. The SMILES string of the molecule is O=C(CC1Sc2ccc(Cl)cc2NC1=O)NCCCO. The maximum absolute atomic E-state index is 11.9. The van der Waals surface area contributed by atoms with E-state index >= 15 is 0 Å². The lowest BCUT2D eigenvalue weighted by Crippen LogP contribution is -2.35. The molecule has 2 amide bonds. The number of fused-ring (bicyclic) bond motifs is 1. The van der Waals surface area contributed by atoms with Crippen LogP contribution in [0.25, 0.3) is 0 Å². The molecule has 1 aliphatic heterocycles. The van der Waals surface area contributed by atoms with Gasteiger partial charge < -0.3 is 15.7 Å². The number of benzene rings is 1. The number of rotatable bonds is 5. The summed E-state index contributed by atoms with van der Waals surface area (Å²) in [6, 6.07) is 5.28. The maximum atomic E-state index is 11.9. The van der Waals surface area contributed by atoms with Crippen LogP contribution in [-0.4, -0.2) is 35.3 Å². The van der Waals surface area contributed by atoms with Crippen molar-refractivity contribution in [3.05, 3.63) is 23.2 Å². The van der Waals surface area contributed by atoms with Crippen LogP contribution < -0.4 is 10.6 Å².